The van der Waals surface area contributed by atoms with E-state index in [1.54, 1.807) is 18.2 Å². The van der Waals surface area contributed by atoms with Gasteiger partial charge in [-0.1, -0.05) is 25.1 Å². The monoisotopic (exact) mass is 482 g/mol. The van der Waals surface area contributed by atoms with E-state index < -0.39 is 25.8 Å². The molecule has 2 aromatic rings. The molecule has 1 aliphatic heterocycles. The van der Waals surface area contributed by atoms with Crippen LogP contribution in [0.15, 0.2) is 52.3 Å². The van der Waals surface area contributed by atoms with Crippen LogP contribution in [0.4, 0.5) is 5.69 Å². The van der Waals surface area contributed by atoms with Gasteiger partial charge in [0.2, 0.25) is 15.9 Å². The maximum absolute atomic E-state index is 13.1. The summed E-state index contributed by atoms with van der Waals surface area (Å²) in [6, 6.07) is 10.7. The van der Waals surface area contributed by atoms with Crippen molar-refractivity contribution >= 4 is 31.5 Å². The lowest BCUT2D eigenvalue weighted by molar-refractivity contribution is -0.115. The fourth-order valence-corrected chi connectivity index (χ4v) is 6.00. The minimum Gasteiger partial charge on any atom is -0.495 e. The summed E-state index contributed by atoms with van der Waals surface area (Å²) >= 11 is 0. The fourth-order valence-electron chi connectivity index (χ4n) is 3.34. The predicted octanol–water partition coefficient (Wildman–Crippen LogP) is 1.69. The van der Waals surface area contributed by atoms with Crippen molar-refractivity contribution in [1.29, 1.82) is 0 Å². The lowest BCUT2D eigenvalue weighted by atomic mass is 10.1. The molecule has 2 aromatic carbocycles. The summed E-state index contributed by atoms with van der Waals surface area (Å²) in [5.41, 5.74) is 0.639. The van der Waals surface area contributed by atoms with E-state index in [0.29, 0.717) is 18.8 Å². The topological polar surface area (TPSA) is 119 Å². The van der Waals surface area contributed by atoms with Gasteiger partial charge in [0.25, 0.3) is 0 Å². The number of nitrogens with zero attached hydrogens (tertiary/aromatic N) is 1. The number of nitrogens with one attached hydrogen (secondary N) is 1. The number of hydrogen-bond donors (Lipinski definition) is 1. The van der Waals surface area contributed by atoms with E-state index in [4.69, 9.17) is 9.47 Å². The molecular weight excluding hydrogens is 456 g/mol. The zero-order valence-electron chi connectivity index (χ0n) is 17.9. The van der Waals surface area contributed by atoms with Crippen molar-refractivity contribution in [2.75, 3.05) is 44.5 Å². The summed E-state index contributed by atoms with van der Waals surface area (Å²) in [4.78, 5) is 12.7. The highest BCUT2D eigenvalue weighted by atomic mass is 32.2. The average Bonchev–Trinajstić information content (AvgIpc) is 2.79. The van der Waals surface area contributed by atoms with Gasteiger partial charge in [-0.05, 0) is 29.8 Å². The molecule has 0 bridgehead atoms. The number of morpholine rings is 1. The molecule has 32 heavy (non-hydrogen) atoms. The van der Waals surface area contributed by atoms with Crippen LogP contribution < -0.4 is 10.1 Å². The number of carbonyl (C=O) groups is 1. The molecule has 1 N–H and O–H groups in total. The molecule has 1 aliphatic rings. The van der Waals surface area contributed by atoms with E-state index in [2.05, 4.69) is 5.32 Å². The minimum absolute atomic E-state index is 0.0267. The Balaban J connectivity index is 1.85. The van der Waals surface area contributed by atoms with Crippen molar-refractivity contribution in [2.24, 2.45) is 0 Å². The Labute approximate surface area is 188 Å². The second-order valence-electron chi connectivity index (χ2n) is 7.13. The third kappa shape index (κ3) is 5.29. The standard InChI is InChI=1S/C21H26N2O7S2/c1-3-31(25,26)19-7-5-4-6-17(19)22-21(24)15-16-8-9-18(29-2)20(14-16)32(27,28)23-10-12-30-13-11-23/h4-9,14H,3,10-13,15H2,1-2H3,(H,22,24). The average molecular weight is 483 g/mol. The molecule has 0 aromatic heterocycles. The van der Waals surface area contributed by atoms with Crippen molar-refractivity contribution in [2.45, 2.75) is 23.1 Å². The molecule has 0 aliphatic carbocycles. The summed E-state index contributed by atoms with van der Waals surface area (Å²) in [7, 11) is -5.98. The van der Waals surface area contributed by atoms with Gasteiger partial charge in [-0.2, -0.15) is 4.31 Å². The highest BCUT2D eigenvalue weighted by Crippen LogP contribution is 2.29. The molecule has 1 heterocycles. The first-order valence-corrected chi connectivity index (χ1v) is 13.1. The van der Waals surface area contributed by atoms with Crippen LogP contribution in [0.1, 0.15) is 12.5 Å². The van der Waals surface area contributed by atoms with Gasteiger partial charge < -0.3 is 14.8 Å². The van der Waals surface area contributed by atoms with Crippen molar-refractivity contribution in [3.05, 3.63) is 48.0 Å². The molecule has 1 saturated heterocycles. The highest BCUT2D eigenvalue weighted by molar-refractivity contribution is 7.91. The first-order chi connectivity index (χ1) is 15.2. The molecule has 0 saturated carbocycles. The van der Waals surface area contributed by atoms with Gasteiger partial charge in [-0.15, -0.1) is 0 Å². The molecule has 0 atom stereocenters. The fraction of sp³-hybridized carbons (Fsp3) is 0.381. The van der Waals surface area contributed by atoms with Crippen LogP contribution in [0, 0.1) is 0 Å². The van der Waals surface area contributed by atoms with Crippen LogP contribution >= 0.6 is 0 Å². The Bertz CT molecular complexity index is 1190. The number of methoxy groups -OCH3 is 1. The third-order valence-electron chi connectivity index (χ3n) is 5.06. The molecule has 9 nitrogen and oxygen atoms in total. The van der Waals surface area contributed by atoms with Crippen LogP contribution in [0.2, 0.25) is 0 Å². The Hall–Kier alpha value is -2.47. The van der Waals surface area contributed by atoms with Gasteiger partial charge >= 0.3 is 0 Å². The quantitative estimate of drug-likeness (QED) is 0.608. The van der Waals surface area contributed by atoms with Crippen molar-refractivity contribution < 1.29 is 31.1 Å². The Morgan fingerprint density at radius 1 is 1.06 bits per heavy atom. The summed E-state index contributed by atoms with van der Waals surface area (Å²) in [6.07, 6.45) is -0.143. The Morgan fingerprint density at radius 3 is 2.41 bits per heavy atom. The van der Waals surface area contributed by atoms with Gasteiger partial charge in [0.15, 0.2) is 9.84 Å². The molecule has 3 rings (SSSR count). The maximum atomic E-state index is 13.1. The number of benzene rings is 2. The van der Waals surface area contributed by atoms with Crippen molar-refractivity contribution in [3.63, 3.8) is 0 Å². The molecule has 11 heteroatoms. The molecule has 0 unspecified atom stereocenters. The number of carbonyl (C=O) groups excluding carboxylic acids is 1. The molecular formula is C21H26N2O7S2. The summed E-state index contributed by atoms with van der Waals surface area (Å²) in [5.74, 6) is -0.384. The summed E-state index contributed by atoms with van der Waals surface area (Å²) in [5, 5.41) is 2.62. The second-order valence-corrected chi connectivity index (χ2v) is 11.3. The number of hydrogen-bond acceptors (Lipinski definition) is 7. The first-order valence-electron chi connectivity index (χ1n) is 10.1. The predicted molar refractivity (Wildman–Crippen MR) is 119 cm³/mol. The number of rotatable bonds is 8. The van der Waals surface area contributed by atoms with Crippen LogP contribution in [0.3, 0.4) is 0 Å². The number of anilines is 1. The molecule has 0 spiro atoms. The zero-order valence-corrected chi connectivity index (χ0v) is 19.5. The van der Waals surface area contributed by atoms with Crippen LogP contribution in [0.25, 0.3) is 0 Å². The zero-order chi connectivity index (χ0) is 23.4. The number of sulfone groups is 1. The second kappa shape index (κ2) is 9.99. The minimum atomic E-state index is -3.83. The number of sulfonamides is 1. The smallest absolute Gasteiger partial charge is 0.246 e. The van der Waals surface area contributed by atoms with E-state index in [1.165, 1.54) is 42.6 Å². The molecule has 0 radical (unpaired) electrons. The SMILES string of the molecule is CCS(=O)(=O)c1ccccc1NC(=O)Cc1ccc(OC)c(S(=O)(=O)N2CCOCC2)c1. The van der Waals surface area contributed by atoms with Gasteiger partial charge in [0, 0.05) is 13.1 Å². The van der Waals surface area contributed by atoms with E-state index in [9.17, 15) is 21.6 Å². The first kappa shape index (κ1) is 24.2. The lowest BCUT2D eigenvalue weighted by Crippen LogP contribution is -2.40. The van der Waals surface area contributed by atoms with Crippen LogP contribution in [-0.4, -0.2) is 66.2 Å². The van der Waals surface area contributed by atoms with E-state index in [-0.39, 0.29) is 46.5 Å². The maximum Gasteiger partial charge on any atom is 0.246 e. The van der Waals surface area contributed by atoms with E-state index in [0.717, 1.165) is 0 Å². The lowest BCUT2D eigenvalue weighted by Gasteiger charge is -2.26. The van der Waals surface area contributed by atoms with Gasteiger partial charge in [-0.3, -0.25) is 4.79 Å². The van der Waals surface area contributed by atoms with Crippen LogP contribution in [0.5, 0.6) is 5.75 Å². The van der Waals surface area contributed by atoms with Crippen LogP contribution in [-0.2, 0) is 35.8 Å². The van der Waals surface area contributed by atoms with E-state index >= 15 is 0 Å². The van der Waals surface area contributed by atoms with E-state index in [1.807, 2.05) is 0 Å². The third-order valence-corrected chi connectivity index (χ3v) is 8.76. The summed E-state index contributed by atoms with van der Waals surface area (Å²) < 4.78 is 62.6. The molecule has 1 fully saturated rings. The number of para-hydroxylation sites is 1. The van der Waals surface area contributed by atoms with Gasteiger partial charge in [0.1, 0.15) is 10.6 Å². The molecule has 174 valence electrons. The van der Waals surface area contributed by atoms with Crippen molar-refractivity contribution in [3.8, 4) is 5.75 Å². The molecule has 1 amide bonds. The highest BCUT2D eigenvalue weighted by Gasteiger charge is 2.29. The largest absolute Gasteiger partial charge is 0.495 e. The Morgan fingerprint density at radius 2 is 1.75 bits per heavy atom. The Kier molecular flexibility index (Phi) is 7.55. The number of ether oxygens (including phenoxy) is 2. The number of amides is 1. The van der Waals surface area contributed by atoms with Gasteiger partial charge in [0.05, 0.1) is 43.1 Å². The normalized spacial score (nSPS) is 15.3. The van der Waals surface area contributed by atoms with Gasteiger partial charge in [-0.25, -0.2) is 16.8 Å². The van der Waals surface area contributed by atoms with Crippen molar-refractivity contribution in [1.82, 2.24) is 4.31 Å². The summed E-state index contributed by atoms with van der Waals surface area (Å²) in [6.45, 7) is 2.62.